The third-order valence-electron chi connectivity index (χ3n) is 2.79. The van der Waals surface area contributed by atoms with Gasteiger partial charge in [0.15, 0.2) is 0 Å². The molecule has 0 aliphatic heterocycles. The summed E-state index contributed by atoms with van der Waals surface area (Å²) in [6, 6.07) is 7.63. The van der Waals surface area contributed by atoms with Crippen molar-refractivity contribution in [3.05, 3.63) is 58.1 Å². The largest absolute Gasteiger partial charge is 0.389 e. The molecule has 3 nitrogen and oxygen atoms in total. The molecule has 0 unspecified atom stereocenters. The first kappa shape index (κ1) is 13.0. The summed E-state index contributed by atoms with van der Waals surface area (Å²) in [7, 11) is 0. The molecule has 2 aromatic rings. The summed E-state index contributed by atoms with van der Waals surface area (Å²) in [6.07, 6.45) is 1.82. The van der Waals surface area contributed by atoms with E-state index in [2.05, 4.69) is 9.97 Å². The van der Waals surface area contributed by atoms with Gasteiger partial charge in [-0.15, -0.1) is 0 Å². The fraction of sp³-hybridized carbons (Fsp3) is 0.286. The van der Waals surface area contributed by atoms with Crippen molar-refractivity contribution in [1.82, 2.24) is 9.97 Å². The predicted octanol–water partition coefficient (Wildman–Crippen LogP) is 3.08. The molecule has 2 rings (SSSR count). The average Bonchev–Trinajstić information content (AvgIpc) is 2.32. The Morgan fingerprint density at radius 2 is 1.94 bits per heavy atom. The lowest BCUT2D eigenvalue weighted by atomic mass is 10.1. The average molecular weight is 263 g/mol. The van der Waals surface area contributed by atoms with Gasteiger partial charge in [-0.3, -0.25) is 0 Å². The molecule has 0 saturated heterocycles. The quantitative estimate of drug-likeness (QED) is 0.925. The summed E-state index contributed by atoms with van der Waals surface area (Å²) >= 11 is 5.84. The maximum atomic E-state index is 9.52. The van der Waals surface area contributed by atoms with Crippen molar-refractivity contribution in [3.8, 4) is 0 Å². The van der Waals surface area contributed by atoms with E-state index in [-0.39, 0.29) is 0 Å². The second-order valence-corrected chi connectivity index (χ2v) is 4.74. The van der Waals surface area contributed by atoms with Crippen LogP contribution in [0.3, 0.4) is 0 Å². The summed E-state index contributed by atoms with van der Waals surface area (Å²) < 4.78 is 0. The Balaban J connectivity index is 2.20. The number of hydrogen-bond acceptors (Lipinski definition) is 3. The van der Waals surface area contributed by atoms with E-state index in [1.165, 1.54) is 0 Å². The molecular formula is C14H15ClN2O. The molecule has 1 atom stereocenters. The first-order chi connectivity index (χ1) is 8.56. The number of halogens is 1. The van der Waals surface area contributed by atoms with Crippen LogP contribution in [-0.4, -0.2) is 15.1 Å². The van der Waals surface area contributed by atoms with Crippen LogP contribution >= 0.6 is 11.6 Å². The van der Waals surface area contributed by atoms with Crippen LogP contribution in [0, 0.1) is 6.92 Å². The van der Waals surface area contributed by atoms with E-state index in [0.717, 1.165) is 27.7 Å². The topological polar surface area (TPSA) is 46.0 Å². The zero-order chi connectivity index (χ0) is 13.1. The highest BCUT2D eigenvalue weighted by Crippen LogP contribution is 2.16. The second-order valence-electron chi connectivity index (χ2n) is 4.31. The molecule has 4 heteroatoms. The van der Waals surface area contributed by atoms with Crippen LogP contribution in [0.25, 0.3) is 0 Å². The molecule has 1 N–H and O–H groups in total. The highest BCUT2D eigenvalue weighted by atomic mass is 35.5. The molecule has 0 spiro atoms. The van der Waals surface area contributed by atoms with Crippen LogP contribution in [0.4, 0.5) is 0 Å². The summed E-state index contributed by atoms with van der Waals surface area (Å²) in [5, 5.41) is 10.2. The number of aliphatic hydroxyl groups is 1. The van der Waals surface area contributed by atoms with Crippen LogP contribution in [-0.2, 0) is 6.42 Å². The molecule has 94 valence electrons. The van der Waals surface area contributed by atoms with Gasteiger partial charge in [0.25, 0.3) is 0 Å². The minimum absolute atomic E-state index is 0.533. The third-order valence-corrected chi connectivity index (χ3v) is 3.04. The zero-order valence-corrected chi connectivity index (χ0v) is 11.1. The monoisotopic (exact) mass is 262 g/mol. The van der Waals surface area contributed by atoms with Crippen molar-refractivity contribution in [3.63, 3.8) is 0 Å². The molecule has 0 saturated carbocycles. The standard InChI is InChI=1S/C14H15ClN2O/c1-9-13(10(2)18)8-16-14(17-9)7-11-3-5-12(15)6-4-11/h3-6,8,10,18H,7H2,1-2H3/t10-/m1/s1. The predicted molar refractivity (Wildman–Crippen MR) is 71.7 cm³/mol. The fourth-order valence-corrected chi connectivity index (χ4v) is 1.93. The SMILES string of the molecule is Cc1nc(Cc2ccc(Cl)cc2)ncc1[C@@H](C)O. The number of nitrogens with zero attached hydrogens (tertiary/aromatic N) is 2. The van der Waals surface area contributed by atoms with Crippen molar-refractivity contribution in [2.45, 2.75) is 26.4 Å². The lowest BCUT2D eigenvalue weighted by Gasteiger charge is -2.09. The molecule has 0 fully saturated rings. The Labute approximate surface area is 111 Å². The molecule has 0 amide bonds. The number of aryl methyl sites for hydroxylation is 1. The minimum atomic E-state index is -0.533. The normalized spacial score (nSPS) is 12.4. The van der Waals surface area contributed by atoms with Crippen molar-refractivity contribution >= 4 is 11.6 Å². The van der Waals surface area contributed by atoms with E-state index in [1.807, 2.05) is 31.2 Å². The Bertz CT molecular complexity index is 538. The van der Waals surface area contributed by atoms with Gasteiger partial charge in [0.1, 0.15) is 5.82 Å². The molecular weight excluding hydrogens is 248 g/mol. The fourth-order valence-electron chi connectivity index (χ4n) is 1.80. The van der Waals surface area contributed by atoms with Gasteiger partial charge in [0, 0.05) is 28.9 Å². The molecule has 1 heterocycles. The second kappa shape index (κ2) is 5.46. The molecule has 1 aromatic carbocycles. The number of benzene rings is 1. The van der Waals surface area contributed by atoms with E-state index < -0.39 is 6.10 Å². The smallest absolute Gasteiger partial charge is 0.132 e. The number of rotatable bonds is 3. The van der Waals surface area contributed by atoms with E-state index in [4.69, 9.17) is 11.6 Å². The van der Waals surface area contributed by atoms with Crippen molar-refractivity contribution in [2.24, 2.45) is 0 Å². The first-order valence-electron chi connectivity index (χ1n) is 5.81. The Morgan fingerprint density at radius 3 is 2.50 bits per heavy atom. The van der Waals surface area contributed by atoms with Crippen molar-refractivity contribution in [1.29, 1.82) is 0 Å². The van der Waals surface area contributed by atoms with Gasteiger partial charge < -0.3 is 5.11 Å². The van der Waals surface area contributed by atoms with Gasteiger partial charge in [-0.05, 0) is 31.5 Å². The minimum Gasteiger partial charge on any atom is -0.389 e. The van der Waals surface area contributed by atoms with Crippen LogP contribution in [0.2, 0.25) is 5.02 Å². The Morgan fingerprint density at radius 1 is 1.28 bits per heavy atom. The Kier molecular flexibility index (Phi) is 3.94. The lowest BCUT2D eigenvalue weighted by Crippen LogP contribution is -2.04. The van der Waals surface area contributed by atoms with Gasteiger partial charge in [-0.25, -0.2) is 9.97 Å². The van der Waals surface area contributed by atoms with Crippen LogP contribution in [0.15, 0.2) is 30.5 Å². The first-order valence-corrected chi connectivity index (χ1v) is 6.19. The van der Waals surface area contributed by atoms with Gasteiger partial charge in [0.05, 0.1) is 6.10 Å². The number of hydrogen-bond donors (Lipinski definition) is 1. The summed E-state index contributed by atoms with van der Waals surface area (Å²) in [5.41, 5.74) is 2.71. The van der Waals surface area contributed by atoms with Crippen LogP contribution in [0.1, 0.15) is 35.7 Å². The van der Waals surface area contributed by atoms with Gasteiger partial charge >= 0.3 is 0 Å². The molecule has 0 radical (unpaired) electrons. The van der Waals surface area contributed by atoms with Gasteiger partial charge in [0.2, 0.25) is 0 Å². The maximum Gasteiger partial charge on any atom is 0.132 e. The van der Waals surface area contributed by atoms with E-state index in [0.29, 0.717) is 6.42 Å². The van der Waals surface area contributed by atoms with Gasteiger partial charge in [-0.2, -0.15) is 0 Å². The third kappa shape index (κ3) is 3.06. The van der Waals surface area contributed by atoms with Crippen molar-refractivity contribution in [2.75, 3.05) is 0 Å². The highest BCUT2D eigenvalue weighted by Gasteiger charge is 2.08. The summed E-state index contributed by atoms with van der Waals surface area (Å²) in [6.45, 7) is 3.60. The maximum absolute atomic E-state index is 9.52. The molecule has 1 aromatic heterocycles. The Hall–Kier alpha value is -1.45. The highest BCUT2D eigenvalue weighted by molar-refractivity contribution is 6.30. The van der Waals surface area contributed by atoms with Crippen molar-refractivity contribution < 1.29 is 5.11 Å². The molecule has 18 heavy (non-hydrogen) atoms. The number of aromatic nitrogens is 2. The molecule has 0 bridgehead atoms. The van der Waals surface area contributed by atoms with E-state index >= 15 is 0 Å². The summed E-state index contributed by atoms with van der Waals surface area (Å²) in [4.78, 5) is 8.68. The van der Waals surface area contributed by atoms with Crippen LogP contribution < -0.4 is 0 Å². The summed E-state index contributed by atoms with van der Waals surface area (Å²) in [5.74, 6) is 0.749. The zero-order valence-electron chi connectivity index (χ0n) is 10.4. The lowest BCUT2D eigenvalue weighted by molar-refractivity contribution is 0.197. The number of aliphatic hydroxyl groups excluding tert-OH is 1. The van der Waals surface area contributed by atoms with E-state index in [1.54, 1.807) is 13.1 Å². The molecule has 0 aliphatic rings. The van der Waals surface area contributed by atoms with E-state index in [9.17, 15) is 5.11 Å². The molecule has 0 aliphatic carbocycles. The van der Waals surface area contributed by atoms with Gasteiger partial charge in [-0.1, -0.05) is 23.7 Å². The van der Waals surface area contributed by atoms with Crippen LogP contribution in [0.5, 0.6) is 0 Å².